The lowest BCUT2D eigenvalue weighted by Gasteiger charge is -2.08. The smallest absolute Gasteiger partial charge is 0.209 e. The predicted octanol–water partition coefficient (Wildman–Crippen LogP) is 2.59. The average Bonchev–Trinajstić information content (AvgIpc) is 3.04. The second-order valence-electron chi connectivity index (χ2n) is 4.87. The van der Waals surface area contributed by atoms with Gasteiger partial charge in [0.15, 0.2) is 0 Å². The molecule has 1 aromatic carbocycles. The van der Waals surface area contributed by atoms with E-state index in [0.717, 1.165) is 17.1 Å². The van der Waals surface area contributed by atoms with Crippen LogP contribution in [0.25, 0.3) is 5.69 Å². The third-order valence-corrected chi connectivity index (χ3v) is 3.23. The number of aliphatic imine (C=N–C) groups is 1. The number of ether oxygens (including phenoxy) is 1. The molecular weight excluding hydrogens is 271 g/mol. The van der Waals surface area contributed by atoms with Gasteiger partial charge in [0.05, 0.1) is 17.4 Å². The summed E-state index contributed by atoms with van der Waals surface area (Å²) >= 11 is 0. The summed E-state index contributed by atoms with van der Waals surface area (Å²) in [5.74, 6) is 0.321. The summed E-state index contributed by atoms with van der Waals surface area (Å²) in [5, 5.41) is 8.14. The first-order valence-corrected chi connectivity index (χ1v) is 6.69. The van der Waals surface area contributed by atoms with Crippen LogP contribution in [0, 0.1) is 12.7 Å². The Morgan fingerprint density at radius 1 is 1.29 bits per heavy atom. The van der Waals surface area contributed by atoms with Crippen LogP contribution < -0.4 is 0 Å². The zero-order valence-corrected chi connectivity index (χ0v) is 11.8. The Bertz CT molecular complexity index is 703. The highest BCUT2D eigenvalue weighted by Crippen LogP contribution is 2.15. The van der Waals surface area contributed by atoms with Crippen molar-refractivity contribution in [3.63, 3.8) is 0 Å². The quantitative estimate of drug-likeness (QED) is 0.871. The molecule has 5 nitrogen and oxygen atoms in total. The second kappa shape index (κ2) is 5.47. The Morgan fingerprint density at radius 2 is 2.05 bits per heavy atom. The van der Waals surface area contributed by atoms with Gasteiger partial charge in [0.1, 0.15) is 18.1 Å². The van der Waals surface area contributed by atoms with Gasteiger partial charge in [-0.05, 0) is 44.2 Å². The minimum atomic E-state index is -0.284. The van der Waals surface area contributed by atoms with E-state index in [2.05, 4.69) is 15.3 Å². The maximum absolute atomic E-state index is 13.0. The maximum Gasteiger partial charge on any atom is 0.209 e. The van der Waals surface area contributed by atoms with Crippen molar-refractivity contribution in [3.05, 3.63) is 53.6 Å². The van der Waals surface area contributed by atoms with Gasteiger partial charge in [-0.1, -0.05) is 11.3 Å². The van der Waals surface area contributed by atoms with Crippen LogP contribution in [0.3, 0.4) is 0 Å². The zero-order chi connectivity index (χ0) is 14.8. The maximum atomic E-state index is 13.0. The summed E-state index contributed by atoms with van der Waals surface area (Å²) in [6.07, 6.45) is 3.82. The van der Waals surface area contributed by atoms with Crippen molar-refractivity contribution in [1.29, 1.82) is 0 Å². The third-order valence-electron chi connectivity index (χ3n) is 3.23. The molecular formula is C15H15FN4O. The minimum absolute atomic E-state index is 0.154. The zero-order valence-electron chi connectivity index (χ0n) is 11.8. The van der Waals surface area contributed by atoms with E-state index in [1.807, 2.05) is 26.0 Å². The molecule has 1 atom stereocenters. The van der Waals surface area contributed by atoms with Gasteiger partial charge in [0.25, 0.3) is 0 Å². The molecule has 1 unspecified atom stereocenters. The molecule has 0 spiro atoms. The summed E-state index contributed by atoms with van der Waals surface area (Å²) in [6, 6.07) is 6.25. The lowest BCUT2D eigenvalue weighted by Crippen LogP contribution is -2.08. The number of aromatic nitrogens is 3. The minimum Gasteiger partial charge on any atom is -0.471 e. The van der Waals surface area contributed by atoms with Crippen LogP contribution in [0.4, 0.5) is 4.39 Å². The highest BCUT2D eigenvalue weighted by Gasteiger charge is 2.14. The normalized spacial score (nSPS) is 17.1. The molecule has 0 N–H and O–H groups in total. The first kappa shape index (κ1) is 13.5. The summed E-state index contributed by atoms with van der Waals surface area (Å²) < 4.78 is 20.3. The van der Waals surface area contributed by atoms with E-state index in [-0.39, 0.29) is 11.9 Å². The van der Waals surface area contributed by atoms with Crippen molar-refractivity contribution in [2.75, 3.05) is 0 Å². The summed E-state index contributed by atoms with van der Waals surface area (Å²) in [5.41, 5.74) is 2.33. The standard InChI is InChI=1S/C15H15FN4O/c1-10-3-8-15(17-10)21-9-14-11(2)18-19-20(14)13-6-4-12(16)5-7-13/h3-8,10H,9H2,1-2H3. The van der Waals surface area contributed by atoms with Gasteiger partial charge in [-0.2, -0.15) is 0 Å². The molecule has 6 heteroatoms. The Morgan fingerprint density at radius 3 is 2.71 bits per heavy atom. The molecule has 0 fully saturated rings. The van der Waals surface area contributed by atoms with Crippen LogP contribution in [0.2, 0.25) is 0 Å². The van der Waals surface area contributed by atoms with E-state index in [9.17, 15) is 4.39 Å². The second-order valence-corrected chi connectivity index (χ2v) is 4.87. The summed E-state index contributed by atoms with van der Waals surface area (Å²) in [6.45, 7) is 4.16. The lowest BCUT2D eigenvalue weighted by atomic mass is 10.3. The van der Waals surface area contributed by atoms with E-state index in [1.54, 1.807) is 16.8 Å². The third kappa shape index (κ3) is 2.84. The first-order valence-electron chi connectivity index (χ1n) is 6.69. The number of benzene rings is 1. The van der Waals surface area contributed by atoms with Gasteiger partial charge >= 0.3 is 0 Å². The molecule has 2 aromatic rings. The molecule has 1 aliphatic heterocycles. The molecule has 0 saturated heterocycles. The van der Waals surface area contributed by atoms with E-state index in [4.69, 9.17) is 4.74 Å². The fourth-order valence-corrected chi connectivity index (χ4v) is 2.07. The Hall–Kier alpha value is -2.50. The fourth-order valence-electron chi connectivity index (χ4n) is 2.07. The van der Waals surface area contributed by atoms with Gasteiger partial charge < -0.3 is 4.74 Å². The van der Waals surface area contributed by atoms with E-state index in [1.165, 1.54) is 12.1 Å². The van der Waals surface area contributed by atoms with Crippen molar-refractivity contribution < 1.29 is 9.13 Å². The molecule has 1 aromatic heterocycles. The molecule has 0 saturated carbocycles. The van der Waals surface area contributed by atoms with E-state index >= 15 is 0 Å². The molecule has 0 aliphatic carbocycles. The lowest BCUT2D eigenvalue weighted by molar-refractivity contribution is 0.285. The number of halogens is 1. The summed E-state index contributed by atoms with van der Waals surface area (Å²) in [4.78, 5) is 4.32. The molecule has 0 amide bonds. The molecule has 21 heavy (non-hydrogen) atoms. The van der Waals surface area contributed by atoms with Crippen molar-refractivity contribution in [2.45, 2.75) is 26.5 Å². The highest BCUT2D eigenvalue weighted by atomic mass is 19.1. The van der Waals surface area contributed by atoms with Gasteiger partial charge in [0, 0.05) is 0 Å². The van der Waals surface area contributed by atoms with Crippen LogP contribution >= 0.6 is 0 Å². The average molecular weight is 286 g/mol. The van der Waals surface area contributed by atoms with Gasteiger partial charge in [-0.3, -0.25) is 0 Å². The molecule has 0 radical (unpaired) electrons. The van der Waals surface area contributed by atoms with Crippen molar-refractivity contribution in [2.24, 2.45) is 4.99 Å². The topological polar surface area (TPSA) is 52.3 Å². The van der Waals surface area contributed by atoms with Gasteiger partial charge in [-0.15, -0.1) is 5.10 Å². The number of rotatable bonds is 3. The predicted molar refractivity (Wildman–Crippen MR) is 76.9 cm³/mol. The van der Waals surface area contributed by atoms with Crippen LogP contribution in [-0.2, 0) is 11.3 Å². The Labute approximate surface area is 121 Å². The highest BCUT2D eigenvalue weighted by molar-refractivity contribution is 5.89. The summed E-state index contributed by atoms with van der Waals surface area (Å²) in [7, 11) is 0. The number of hydrogen-bond acceptors (Lipinski definition) is 4. The van der Waals surface area contributed by atoms with Crippen LogP contribution in [0.5, 0.6) is 0 Å². The van der Waals surface area contributed by atoms with Crippen molar-refractivity contribution in [3.8, 4) is 5.69 Å². The van der Waals surface area contributed by atoms with E-state index < -0.39 is 0 Å². The molecule has 0 bridgehead atoms. The van der Waals surface area contributed by atoms with Crippen molar-refractivity contribution in [1.82, 2.24) is 15.0 Å². The van der Waals surface area contributed by atoms with Crippen LogP contribution in [0.15, 0.2) is 41.4 Å². The number of aryl methyl sites for hydroxylation is 1. The number of nitrogens with zero attached hydrogens (tertiary/aromatic N) is 4. The van der Waals surface area contributed by atoms with Crippen LogP contribution in [0.1, 0.15) is 18.3 Å². The Kier molecular flexibility index (Phi) is 3.51. The SMILES string of the molecule is Cc1nnn(-c2ccc(F)cc2)c1COC1=NC(C)C=C1. The molecule has 1 aliphatic rings. The van der Waals surface area contributed by atoms with Crippen molar-refractivity contribution >= 4 is 5.90 Å². The molecule has 2 heterocycles. The van der Waals surface area contributed by atoms with Gasteiger partial charge in [-0.25, -0.2) is 14.1 Å². The first-order chi connectivity index (χ1) is 10.1. The monoisotopic (exact) mass is 286 g/mol. The van der Waals surface area contributed by atoms with E-state index in [0.29, 0.717) is 12.5 Å². The Balaban J connectivity index is 1.82. The van der Waals surface area contributed by atoms with Gasteiger partial charge in [0.2, 0.25) is 5.90 Å². The largest absolute Gasteiger partial charge is 0.471 e. The molecule has 108 valence electrons. The number of hydrogen-bond donors (Lipinski definition) is 0. The van der Waals surface area contributed by atoms with Crippen LogP contribution in [-0.4, -0.2) is 26.9 Å². The fraction of sp³-hybridized carbons (Fsp3) is 0.267. The molecule has 3 rings (SSSR count).